The number of ether oxygens (including phenoxy) is 2. The summed E-state index contributed by atoms with van der Waals surface area (Å²) in [5.74, 6) is 2.32. The van der Waals surface area contributed by atoms with Crippen molar-refractivity contribution >= 4 is 10.9 Å². The van der Waals surface area contributed by atoms with Crippen LogP contribution in [-0.4, -0.2) is 44.3 Å². The van der Waals surface area contributed by atoms with Gasteiger partial charge in [-0.1, -0.05) is 55.8 Å². The van der Waals surface area contributed by atoms with Gasteiger partial charge in [0.2, 0.25) is 0 Å². The monoisotopic (exact) mass is 538 g/mol. The van der Waals surface area contributed by atoms with E-state index in [0.29, 0.717) is 25.2 Å². The van der Waals surface area contributed by atoms with Crippen LogP contribution in [0.2, 0.25) is 0 Å². The SMILES string of the molecule is CCC[C@@H](c1nnnn1Cc1ccc(OC)cc1)N(Cc1ccccc1)Cc1cc2cc(OC)ccc2[nH]c1=O. The van der Waals surface area contributed by atoms with Crippen molar-refractivity contribution in [1.29, 1.82) is 0 Å². The molecule has 0 aliphatic heterocycles. The zero-order valence-corrected chi connectivity index (χ0v) is 23.1. The van der Waals surface area contributed by atoms with Crippen molar-refractivity contribution in [3.8, 4) is 11.5 Å². The molecule has 0 saturated heterocycles. The van der Waals surface area contributed by atoms with Crippen LogP contribution in [0.15, 0.2) is 83.7 Å². The number of methoxy groups -OCH3 is 2. The second-order valence-corrected chi connectivity index (χ2v) is 9.81. The van der Waals surface area contributed by atoms with Crippen LogP contribution in [-0.2, 0) is 19.6 Å². The first kappa shape index (κ1) is 27.1. The van der Waals surface area contributed by atoms with E-state index in [1.807, 2.05) is 71.4 Å². The summed E-state index contributed by atoms with van der Waals surface area (Å²) in [7, 11) is 3.29. The zero-order chi connectivity index (χ0) is 27.9. The van der Waals surface area contributed by atoms with Gasteiger partial charge in [-0.3, -0.25) is 9.69 Å². The van der Waals surface area contributed by atoms with Crippen molar-refractivity contribution in [2.75, 3.05) is 14.2 Å². The molecule has 1 N–H and O–H groups in total. The van der Waals surface area contributed by atoms with Crippen molar-refractivity contribution in [2.24, 2.45) is 0 Å². The van der Waals surface area contributed by atoms with Gasteiger partial charge in [0.25, 0.3) is 5.56 Å². The van der Waals surface area contributed by atoms with Crippen molar-refractivity contribution in [1.82, 2.24) is 30.1 Å². The minimum absolute atomic E-state index is 0.108. The molecule has 0 spiro atoms. The maximum atomic E-state index is 13.2. The molecule has 9 heteroatoms. The first-order valence-corrected chi connectivity index (χ1v) is 13.4. The molecule has 1 atom stereocenters. The molecule has 0 bridgehead atoms. The average Bonchev–Trinajstić information content (AvgIpc) is 3.44. The molecule has 3 aromatic carbocycles. The predicted octanol–water partition coefficient (Wildman–Crippen LogP) is 5.12. The van der Waals surface area contributed by atoms with Crippen LogP contribution in [0.1, 0.15) is 48.3 Å². The van der Waals surface area contributed by atoms with Crippen LogP contribution >= 0.6 is 0 Å². The lowest BCUT2D eigenvalue weighted by Crippen LogP contribution is -2.32. The molecule has 0 saturated carbocycles. The molecule has 2 aromatic heterocycles. The van der Waals surface area contributed by atoms with Gasteiger partial charge in [-0.05, 0) is 64.4 Å². The minimum atomic E-state index is -0.112. The second-order valence-electron chi connectivity index (χ2n) is 9.81. The molecule has 0 fully saturated rings. The molecule has 0 radical (unpaired) electrons. The normalized spacial score (nSPS) is 12.1. The third-order valence-corrected chi connectivity index (χ3v) is 7.08. The summed E-state index contributed by atoms with van der Waals surface area (Å²) in [6, 6.07) is 25.7. The van der Waals surface area contributed by atoms with Crippen LogP contribution in [0.4, 0.5) is 0 Å². The molecule has 9 nitrogen and oxygen atoms in total. The van der Waals surface area contributed by atoms with E-state index in [0.717, 1.165) is 52.2 Å². The molecular weight excluding hydrogens is 504 g/mol. The Balaban J connectivity index is 1.52. The van der Waals surface area contributed by atoms with Crippen LogP contribution < -0.4 is 15.0 Å². The van der Waals surface area contributed by atoms with Gasteiger partial charge in [-0.2, -0.15) is 0 Å². The van der Waals surface area contributed by atoms with Gasteiger partial charge in [0.15, 0.2) is 5.82 Å². The zero-order valence-electron chi connectivity index (χ0n) is 23.1. The van der Waals surface area contributed by atoms with E-state index in [2.05, 4.69) is 44.5 Å². The topological polar surface area (TPSA) is 98.2 Å². The smallest absolute Gasteiger partial charge is 0.252 e. The summed E-state index contributed by atoms with van der Waals surface area (Å²) in [5.41, 5.74) is 3.56. The highest BCUT2D eigenvalue weighted by Gasteiger charge is 2.27. The highest BCUT2D eigenvalue weighted by molar-refractivity contribution is 5.80. The number of aromatic amines is 1. The van der Waals surface area contributed by atoms with E-state index in [1.54, 1.807) is 14.2 Å². The van der Waals surface area contributed by atoms with Crippen LogP contribution in [0.3, 0.4) is 0 Å². The Hall–Kier alpha value is -4.50. The number of fused-ring (bicyclic) bond motifs is 1. The van der Waals surface area contributed by atoms with Crippen LogP contribution in [0, 0.1) is 0 Å². The average molecular weight is 539 g/mol. The Morgan fingerprint density at radius 2 is 1.65 bits per heavy atom. The number of nitrogens with one attached hydrogen (secondary N) is 1. The molecule has 5 aromatic rings. The van der Waals surface area contributed by atoms with Gasteiger partial charge in [0, 0.05) is 29.6 Å². The number of pyridine rings is 1. The predicted molar refractivity (Wildman–Crippen MR) is 154 cm³/mol. The van der Waals surface area contributed by atoms with E-state index in [9.17, 15) is 4.79 Å². The summed E-state index contributed by atoms with van der Waals surface area (Å²) in [6.07, 6.45) is 1.76. The number of nitrogens with zero attached hydrogens (tertiary/aromatic N) is 5. The highest BCUT2D eigenvalue weighted by atomic mass is 16.5. The van der Waals surface area contributed by atoms with Gasteiger partial charge in [-0.25, -0.2) is 4.68 Å². The Morgan fingerprint density at radius 1 is 0.900 bits per heavy atom. The number of H-pyrrole nitrogens is 1. The fraction of sp³-hybridized carbons (Fsp3) is 0.290. The third kappa shape index (κ3) is 6.21. The first-order valence-electron chi connectivity index (χ1n) is 13.4. The maximum Gasteiger partial charge on any atom is 0.252 e. The van der Waals surface area contributed by atoms with Gasteiger partial charge in [-0.15, -0.1) is 5.10 Å². The van der Waals surface area contributed by atoms with Crippen molar-refractivity contribution in [3.63, 3.8) is 0 Å². The molecule has 40 heavy (non-hydrogen) atoms. The summed E-state index contributed by atoms with van der Waals surface area (Å²) >= 11 is 0. The van der Waals surface area contributed by atoms with E-state index in [-0.39, 0.29) is 11.6 Å². The summed E-state index contributed by atoms with van der Waals surface area (Å²) < 4.78 is 12.6. The molecule has 0 unspecified atom stereocenters. The molecule has 2 heterocycles. The maximum absolute atomic E-state index is 13.2. The number of hydrogen-bond acceptors (Lipinski definition) is 7. The van der Waals surface area contributed by atoms with Gasteiger partial charge >= 0.3 is 0 Å². The summed E-state index contributed by atoms with van der Waals surface area (Å²) in [5, 5.41) is 13.8. The van der Waals surface area contributed by atoms with Gasteiger partial charge in [0.1, 0.15) is 11.5 Å². The molecule has 206 valence electrons. The Kier molecular flexibility index (Phi) is 8.51. The fourth-order valence-electron chi connectivity index (χ4n) is 5.00. The molecular formula is C31H34N6O3. The fourth-order valence-corrected chi connectivity index (χ4v) is 5.00. The standard InChI is InChI=1S/C31H34N6O3/c1-4-8-29(30-33-34-35-37(30)20-23-11-13-26(39-2)14-12-23)36(19-22-9-6-5-7-10-22)21-25-17-24-18-27(40-3)15-16-28(24)32-31(25)38/h5-7,9-18,29H,4,8,19-21H2,1-3H3,(H,32,38)/t29-/m0/s1. The van der Waals surface area contributed by atoms with E-state index >= 15 is 0 Å². The minimum Gasteiger partial charge on any atom is -0.497 e. The lowest BCUT2D eigenvalue weighted by atomic mass is 10.1. The quantitative estimate of drug-likeness (QED) is 0.235. The van der Waals surface area contributed by atoms with Gasteiger partial charge in [0.05, 0.1) is 26.8 Å². The lowest BCUT2D eigenvalue weighted by Gasteiger charge is -2.31. The van der Waals surface area contributed by atoms with Crippen molar-refractivity contribution in [2.45, 2.75) is 45.4 Å². The number of aromatic nitrogens is 5. The number of hydrogen-bond donors (Lipinski definition) is 1. The van der Waals surface area contributed by atoms with E-state index < -0.39 is 0 Å². The first-order chi connectivity index (χ1) is 19.6. The Bertz CT molecular complexity index is 1600. The molecule has 5 rings (SSSR count). The molecule has 0 aliphatic rings. The Labute approximate surface area is 233 Å². The summed E-state index contributed by atoms with van der Waals surface area (Å²) in [4.78, 5) is 18.6. The van der Waals surface area contributed by atoms with Crippen LogP contribution in [0.5, 0.6) is 11.5 Å². The van der Waals surface area contributed by atoms with E-state index in [1.165, 1.54) is 0 Å². The van der Waals surface area contributed by atoms with Crippen molar-refractivity contribution in [3.05, 3.63) is 112 Å². The highest BCUT2D eigenvalue weighted by Crippen LogP contribution is 2.29. The Morgan fingerprint density at radius 3 is 2.38 bits per heavy atom. The number of tetrazole rings is 1. The summed E-state index contributed by atoms with van der Waals surface area (Å²) in [6.45, 7) is 3.75. The van der Waals surface area contributed by atoms with Gasteiger partial charge < -0.3 is 14.5 Å². The van der Waals surface area contributed by atoms with Crippen LogP contribution in [0.25, 0.3) is 10.9 Å². The second kappa shape index (κ2) is 12.6. The molecule has 0 aliphatic carbocycles. The van der Waals surface area contributed by atoms with E-state index in [4.69, 9.17) is 9.47 Å². The largest absolute Gasteiger partial charge is 0.497 e. The lowest BCUT2D eigenvalue weighted by molar-refractivity contribution is 0.156. The number of rotatable bonds is 12. The number of benzene rings is 3. The third-order valence-electron chi connectivity index (χ3n) is 7.08. The molecule has 0 amide bonds. The van der Waals surface area contributed by atoms with Crippen molar-refractivity contribution < 1.29 is 9.47 Å².